The van der Waals surface area contributed by atoms with E-state index in [1.165, 1.54) is 0 Å². The van der Waals surface area contributed by atoms with Crippen molar-refractivity contribution in [2.75, 3.05) is 13.8 Å². The molecule has 0 bridgehead atoms. The number of rotatable bonds is 2. The lowest BCUT2D eigenvalue weighted by Crippen LogP contribution is -2.00. The first kappa shape index (κ1) is 9.03. The summed E-state index contributed by atoms with van der Waals surface area (Å²) in [6.45, 7) is 2.05. The average molecular weight is 179 g/mol. The molecule has 0 radical (unpaired) electrons. The van der Waals surface area contributed by atoms with Crippen LogP contribution in [0.1, 0.15) is 5.56 Å². The molecule has 1 aromatic rings. The Morgan fingerprint density at radius 3 is 2.75 bits per heavy atom. The van der Waals surface area contributed by atoms with E-state index in [1.54, 1.807) is 13.2 Å². The Bertz CT molecular complexity index is 317. The quantitative estimate of drug-likeness (QED) is 0.644. The zero-order valence-corrected chi connectivity index (χ0v) is 8.09. The van der Waals surface area contributed by atoms with Crippen LogP contribution in [-0.2, 0) is 0 Å². The molecule has 0 N–H and O–H groups in total. The predicted molar refractivity (Wildman–Crippen MR) is 51.6 cm³/mol. The van der Waals surface area contributed by atoms with Crippen LogP contribution in [0.15, 0.2) is 18.2 Å². The van der Waals surface area contributed by atoms with Crippen LogP contribution in [0.25, 0.3) is 0 Å². The summed E-state index contributed by atoms with van der Waals surface area (Å²) in [5.41, 5.74) is 0.747. The number of nitrogens with zero attached hydrogens (tertiary/aromatic N) is 1. The third kappa shape index (κ3) is 1.75. The highest BCUT2D eigenvalue weighted by Crippen LogP contribution is 2.15. The molecular formula is C9H10NOP. The normalized spacial score (nSPS) is 10.1. The van der Waals surface area contributed by atoms with Crippen molar-refractivity contribution in [1.82, 2.24) is 0 Å². The first-order valence-electron chi connectivity index (χ1n) is 3.57. The minimum absolute atomic E-state index is 0.633. The third-order valence-electron chi connectivity index (χ3n) is 1.62. The van der Waals surface area contributed by atoms with Crippen molar-refractivity contribution in [2.45, 2.75) is 0 Å². The number of hydrogen-bond acceptors (Lipinski definition) is 2. The molecule has 3 heteroatoms. The summed E-state index contributed by atoms with van der Waals surface area (Å²) in [5, 5.41) is 9.79. The van der Waals surface area contributed by atoms with Crippen LogP contribution < -0.4 is 10.0 Å². The fraction of sp³-hybridized carbons (Fsp3) is 0.222. The highest BCUT2D eigenvalue weighted by Gasteiger charge is 2.00. The van der Waals surface area contributed by atoms with E-state index in [0.29, 0.717) is 8.58 Å². The Kier molecular flexibility index (Phi) is 3.08. The van der Waals surface area contributed by atoms with Crippen LogP contribution in [0.2, 0.25) is 0 Å². The van der Waals surface area contributed by atoms with Gasteiger partial charge in [0.2, 0.25) is 0 Å². The van der Waals surface area contributed by atoms with E-state index in [-0.39, 0.29) is 0 Å². The van der Waals surface area contributed by atoms with Gasteiger partial charge in [-0.25, -0.2) is 0 Å². The summed E-state index contributed by atoms with van der Waals surface area (Å²) < 4.78 is 5.05. The lowest BCUT2D eigenvalue weighted by molar-refractivity contribution is 0.415. The number of ether oxygens (including phenoxy) is 1. The average Bonchev–Trinajstić information content (AvgIpc) is 2.16. The standard InChI is InChI=1S/C9H10NOP/c1-11-8-4-3-7(6-10)9(5-8)12-2/h3-5,12H,1-2H3. The molecule has 0 saturated heterocycles. The van der Waals surface area contributed by atoms with Gasteiger partial charge in [-0.3, -0.25) is 0 Å². The Morgan fingerprint density at radius 2 is 2.25 bits per heavy atom. The molecule has 2 nitrogen and oxygen atoms in total. The predicted octanol–water partition coefficient (Wildman–Crippen LogP) is 1.50. The van der Waals surface area contributed by atoms with Crippen molar-refractivity contribution in [2.24, 2.45) is 0 Å². The van der Waals surface area contributed by atoms with Crippen molar-refractivity contribution in [3.05, 3.63) is 23.8 Å². The fourth-order valence-corrected chi connectivity index (χ4v) is 1.65. The maximum atomic E-state index is 8.73. The van der Waals surface area contributed by atoms with Gasteiger partial charge in [-0.05, 0) is 30.2 Å². The van der Waals surface area contributed by atoms with Crippen LogP contribution >= 0.6 is 8.58 Å². The first-order chi connectivity index (χ1) is 5.81. The molecule has 0 spiro atoms. The molecule has 1 rings (SSSR count). The highest BCUT2D eigenvalue weighted by molar-refractivity contribution is 7.46. The molecule has 0 heterocycles. The summed E-state index contributed by atoms with van der Waals surface area (Å²) in [5.74, 6) is 0.818. The zero-order valence-electron chi connectivity index (χ0n) is 7.09. The highest BCUT2D eigenvalue weighted by atomic mass is 31.1. The SMILES string of the molecule is COc1ccc(C#N)c(PC)c1. The summed E-state index contributed by atoms with van der Waals surface area (Å²) in [7, 11) is 2.26. The van der Waals surface area contributed by atoms with Gasteiger partial charge < -0.3 is 4.74 Å². The largest absolute Gasteiger partial charge is 0.497 e. The van der Waals surface area contributed by atoms with Crippen molar-refractivity contribution < 1.29 is 4.74 Å². The molecule has 0 aliphatic heterocycles. The van der Waals surface area contributed by atoms with Gasteiger partial charge in [-0.1, -0.05) is 8.58 Å². The second-order valence-corrected chi connectivity index (χ2v) is 3.31. The van der Waals surface area contributed by atoms with Crippen molar-refractivity contribution in [3.8, 4) is 11.8 Å². The summed E-state index contributed by atoms with van der Waals surface area (Å²) in [6.07, 6.45) is 0. The second-order valence-electron chi connectivity index (χ2n) is 2.27. The minimum Gasteiger partial charge on any atom is -0.497 e. The molecule has 1 unspecified atom stereocenters. The molecule has 0 aliphatic rings. The maximum Gasteiger partial charge on any atom is 0.119 e. The van der Waals surface area contributed by atoms with Gasteiger partial charge in [-0.2, -0.15) is 5.26 Å². The Labute approximate surface area is 73.9 Å². The zero-order chi connectivity index (χ0) is 8.97. The molecule has 0 amide bonds. The van der Waals surface area contributed by atoms with Crippen LogP contribution in [0, 0.1) is 11.3 Å². The summed E-state index contributed by atoms with van der Waals surface area (Å²) >= 11 is 0. The van der Waals surface area contributed by atoms with Gasteiger partial charge in [0.1, 0.15) is 5.75 Å². The van der Waals surface area contributed by atoms with E-state index in [2.05, 4.69) is 12.7 Å². The topological polar surface area (TPSA) is 33.0 Å². The van der Waals surface area contributed by atoms with Crippen molar-refractivity contribution in [1.29, 1.82) is 5.26 Å². The van der Waals surface area contributed by atoms with Gasteiger partial charge in [0.05, 0.1) is 18.7 Å². The summed E-state index contributed by atoms with van der Waals surface area (Å²) in [6, 6.07) is 7.67. The Balaban J connectivity index is 3.13. The molecular weight excluding hydrogens is 169 g/mol. The molecule has 12 heavy (non-hydrogen) atoms. The number of benzene rings is 1. The van der Waals surface area contributed by atoms with E-state index in [1.807, 2.05) is 12.1 Å². The fourth-order valence-electron chi connectivity index (χ4n) is 0.955. The molecule has 1 aromatic carbocycles. The lowest BCUT2D eigenvalue weighted by Gasteiger charge is -2.03. The van der Waals surface area contributed by atoms with Gasteiger partial charge >= 0.3 is 0 Å². The third-order valence-corrected chi connectivity index (χ3v) is 2.57. The van der Waals surface area contributed by atoms with Gasteiger partial charge in [-0.15, -0.1) is 0 Å². The van der Waals surface area contributed by atoms with Crippen molar-refractivity contribution in [3.63, 3.8) is 0 Å². The van der Waals surface area contributed by atoms with E-state index in [9.17, 15) is 0 Å². The van der Waals surface area contributed by atoms with E-state index in [4.69, 9.17) is 10.00 Å². The first-order valence-corrected chi connectivity index (χ1v) is 5.07. The minimum atomic E-state index is 0.633. The Hall–Kier alpha value is -1.06. The maximum absolute atomic E-state index is 8.73. The summed E-state index contributed by atoms with van der Waals surface area (Å²) in [4.78, 5) is 0. The van der Waals surface area contributed by atoms with E-state index < -0.39 is 0 Å². The van der Waals surface area contributed by atoms with Crippen LogP contribution in [-0.4, -0.2) is 13.8 Å². The second kappa shape index (κ2) is 4.09. The van der Waals surface area contributed by atoms with Gasteiger partial charge in [0, 0.05) is 0 Å². The molecule has 0 saturated carbocycles. The van der Waals surface area contributed by atoms with Crippen LogP contribution in [0.5, 0.6) is 5.75 Å². The van der Waals surface area contributed by atoms with Gasteiger partial charge in [0.25, 0.3) is 0 Å². The molecule has 0 aliphatic carbocycles. The van der Waals surface area contributed by atoms with Crippen LogP contribution in [0.4, 0.5) is 0 Å². The number of hydrogen-bond donors (Lipinski definition) is 0. The monoisotopic (exact) mass is 179 g/mol. The molecule has 62 valence electrons. The van der Waals surface area contributed by atoms with E-state index in [0.717, 1.165) is 16.6 Å². The molecule has 1 atom stereocenters. The van der Waals surface area contributed by atoms with Crippen molar-refractivity contribution >= 4 is 13.9 Å². The lowest BCUT2D eigenvalue weighted by atomic mass is 10.2. The van der Waals surface area contributed by atoms with Crippen LogP contribution in [0.3, 0.4) is 0 Å². The van der Waals surface area contributed by atoms with E-state index >= 15 is 0 Å². The molecule has 0 aromatic heterocycles. The number of nitriles is 1. The molecule has 0 fully saturated rings. The van der Waals surface area contributed by atoms with Gasteiger partial charge in [0.15, 0.2) is 0 Å². The number of methoxy groups -OCH3 is 1. The smallest absolute Gasteiger partial charge is 0.119 e. The Morgan fingerprint density at radius 1 is 1.50 bits per heavy atom.